The molecule has 1 amide bonds. The first-order valence-electron chi connectivity index (χ1n) is 7.69. The zero-order valence-corrected chi connectivity index (χ0v) is 14.1. The van der Waals surface area contributed by atoms with Crippen LogP contribution in [0, 0.1) is 0 Å². The van der Waals surface area contributed by atoms with Gasteiger partial charge in [0.25, 0.3) is 5.91 Å². The average molecular weight is 364 g/mol. The number of aromatic nitrogens is 3. The van der Waals surface area contributed by atoms with Crippen molar-refractivity contribution < 1.29 is 4.79 Å². The van der Waals surface area contributed by atoms with Crippen LogP contribution < -0.4 is 16.4 Å². The molecule has 0 saturated carbocycles. The molecule has 26 heavy (non-hydrogen) atoms. The number of nitrogens with zero attached hydrogens (tertiary/aromatic N) is 1. The first-order chi connectivity index (χ1) is 12.6. The fourth-order valence-electron chi connectivity index (χ4n) is 2.50. The zero-order chi connectivity index (χ0) is 18.1. The van der Waals surface area contributed by atoms with Crippen molar-refractivity contribution in [2.75, 3.05) is 5.32 Å². The van der Waals surface area contributed by atoms with Crippen LogP contribution in [0.3, 0.4) is 0 Å². The molecular weight excluding hydrogens is 352 g/mol. The van der Waals surface area contributed by atoms with Crippen LogP contribution in [0.2, 0.25) is 0 Å². The second-order valence-electron chi connectivity index (χ2n) is 5.53. The van der Waals surface area contributed by atoms with Crippen LogP contribution in [0.25, 0.3) is 22.3 Å². The summed E-state index contributed by atoms with van der Waals surface area (Å²) in [4.78, 5) is 44.5. The predicted octanol–water partition coefficient (Wildman–Crippen LogP) is 2.59. The van der Waals surface area contributed by atoms with Gasteiger partial charge in [-0.2, -0.15) is 0 Å². The highest BCUT2D eigenvalue weighted by Gasteiger charge is 2.11. The molecule has 128 valence electrons. The van der Waals surface area contributed by atoms with Gasteiger partial charge in [-0.05, 0) is 18.2 Å². The molecule has 0 fully saturated rings. The highest BCUT2D eigenvalue weighted by atomic mass is 32.1. The Hall–Kier alpha value is -3.52. The molecule has 8 heteroatoms. The van der Waals surface area contributed by atoms with Crippen LogP contribution in [-0.2, 0) is 0 Å². The van der Waals surface area contributed by atoms with Gasteiger partial charge in [0, 0.05) is 16.5 Å². The smallest absolute Gasteiger partial charge is 0.314 e. The Morgan fingerprint density at radius 1 is 0.962 bits per heavy atom. The molecule has 2 heterocycles. The summed E-state index contributed by atoms with van der Waals surface area (Å²) < 4.78 is 0. The van der Waals surface area contributed by atoms with Crippen LogP contribution >= 0.6 is 11.3 Å². The number of thiazole rings is 1. The maximum absolute atomic E-state index is 12.4. The molecule has 0 unspecified atom stereocenters. The molecule has 0 bridgehead atoms. The summed E-state index contributed by atoms with van der Waals surface area (Å²) >= 11 is 1.33. The summed E-state index contributed by atoms with van der Waals surface area (Å²) in [6.07, 6.45) is 0. The minimum absolute atomic E-state index is 0.344. The molecule has 4 aromatic rings. The third kappa shape index (κ3) is 3.05. The molecule has 7 nitrogen and oxygen atoms in total. The number of aromatic amines is 2. The number of H-pyrrole nitrogens is 2. The minimum atomic E-state index is -0.762. The van der Waals surface area contributed by atoms with Gasteiger partial charge in [0.15, 0.2) is 5.13 Å². The summed E-state index contributed by atoms with van der Waals surface area (Å²) in [6.45, 7) is 0. The summed E-state index contributed by atoms with van der Waals surface area (Å²) in [5, 5.41) is 5.09. The number of hydrogen-bond donors (Lipinski definition) is 3. The Balaban J connectivity index is 1.60. The molecule has 2 aromatic carbocycles. The molecule has 0 aliphatic heterocycles. The van der Waals surface area contributed by atoms with Crippen molar-refractivity contribution in [3.8, 4) is 11.3 Å². The van der Waals surface area contributed by atoms with E-state index in [1.54, 1.807) is 12.1 Å². The van der Waals surface area contributed by atoms with E-state index in [-0.39, 0.29) is 5.91 Å². The number of amides is 1. The van der Waals surface area contributed by atoms with Crippen molar-refractivity contribution in [2.45, 2.75) is 0 Å². The number of rotatable bonds is 3. The molecule has 4 rings (SSSR count). The first-order valence-corrected chi connectivity index (χ1v) is 8.57. The fraction of sp³-hybridized carbons (Fsp3) is 0. The van der Waals surface area contributed by atoms with Crippen molar-refractivity contribution >= 4 is 33.4 Å². The number of fused-ring (bicyclic) bond motifs is 1. The summed E-state index contributed by atoms with van der Waals surface area (Å²) in [5.41, 5.74) is 1.44. The average Bonchev–Trinajstić information content (AvgIpc) is 3.11. The van der Waals surface area contributed by atoms with Gasteiger partial charge < -0.3 is 9.97 Å². The third-order valence-corrected chi connectivity index (χ3v) is 4.54. The standard InChI is InChI=1S/C18H12N4O3S/c23-15(11-6-7-12-13(8-11)20-17(25)16(24)19-12)22-18-21-14(9-26-18)10-4-2-1-3-5-10/h1-9H,(H,19,24)(H,20,25)(H,21,22,23). The van der Waals surface area contributed by atoms with Crippen molar-refractivity contribution in [1.82, 2.24) is 15.0 Å². The number of anilines is 1. The highest BCUT2D eigenvalue weighted by Crippen LogP contribution is 2.25. The Labute approximate surface area is 150 Å². The Morgan fingerprint density at radius 3 is 2.46 bits per heavy atom. The SMILES string of the molecule is O=C(Nc1nc(-c2ccccc2)cs1)c1ccc2[nH]c(=O)c(=O)[nH]c2c1. The quantitative estimate of drug-likeness (QED) is 0.486. The topological polar surface area (TPSA) is 108 Å². The number of nitrogens with one attached hydrogen (secondary N) is 3. The molecule has 0 aliphatic rings. The normalized spacial score (nSPS) is 10.8. The molecule has 0 atom stereocenters. The van der Waals surface area contributed by atoms with Crippen molar-refractivity contribution in [2.24, 2.45) is 0 Å². The van der Waals surface area contributed by atoms with Gasteiger partial charge in [0.2, 0.25) is 0 Å². The van der Waals surface area contributed by atoms with Crippen LogP contribution in [-0.4, -0.2) is 20.9 Å². The van der Waals surface area contributed by atoms with Crippen molar-refractivity contribution in [3.63, 3.8) is 0 Å². The van der Waals surface area contributed by atoms with E-state index in [4.69, 9.17) is 0 Å². The summed E-state index contributed by atoms with van der Waals surface area (Å²) in [5.74, 6) is -0.354. The molecule has 3 N–H and O–H groups in total. The first kappa shape index (κ1) is 16.0. The van der Waals surface area contributed by atoms with Gasteiger partial charge in [-0.15, -0.1) is 11.3 Å². The highest BCUT2D eigenvalue weighted by molar-refractivity contribution is 7.14. The van der Waals surface area contributed by atoms with E-state index < -0.39 is 11.1 Å². The monoisotopic (exact) mass is 364 g/mol. The molecule has 0 aliphatic carbocycles. The lowest BCUT2D eigenvalue weighted by atomic mass is 10.2. The number of carbonyl (C=O) groups is 1. The van der Waals surface area contributed by atoms with Gasteiger partial charge >= 0.3 is 11.1 Å². The van der Waals surface area contributed by atoms with E-state index in [9.17, 15) is 14.4 Å². The van der Waals surface area contributed by atoms with E-state index >= 15 is 0 Å². The summed E-state index contributed by atoms with van der Waals surface area (Å²) in [7, 11) is 0. The maximum atomic E-state index is 12.4. The molecule has 0 radical (unpaired) electrons. The van der Waals surface area contributed by atoms with E-state index in [1.165, 1.54) is 17.4 Å². The lowest BCUT2D eigenvalue weighted by Gasteiger charge is -2.03. The Bertz CT molecular complexity index is 1220. The zero-order valence-electron chi connectivity index (χ0n) is 13.3. The fourth-order valence-corrected chi connectivity index (χ4v) is 3.21. The Morgan fingerprint density at radius 2 is 1.69 bits per heavy atom. The number of benzene rings is 2. The van der Waals surface area contributed by atoms with Gasteiger partial charge in [-0.1, -0.05) is 30.3 Å². The van der Waals surface area contributed by atoms with Gasteiger partial charge in [-0.25, -0.2) is 4.98 Å². The third-order valence-electron chi connectivity index (χ3n) is 3.78. The van der Waals surface area contributed by atoms with E-state index in [2.05, 4.69) is 20.3 Å². The van der Waals surface area contributed by atoms with E-state index in [0.29, 0.717) is 21.7 Å². The molecule has 2 aromatic heterocycles. The van der Waals surface area contributed by atoms with Crippen LogP contribution in [0.15, 0.2) is 63.5 Å². The van der Waals surface area contributed by atoms with E-state index in [1.807, 2.05) is 35.7 Å². The van der Waals surface area contributed by atoms with Gasteiger partial charge in [0.1, 0.15) is 0 Å². The van der Waals surface area contributed by atoms with Crippen molar-refractivity contribution in [1.29, 1.82) is 0 Å². The lowest BCUT2D eigenvalue weighted by molar-refractivity contribution is 0.102. The van der Waals surface area contributed by atoms with Crippen LogP contribution in [0.4, 0.5) is 5.13 Å². The number of hydrogen-bond acceptors (Lipinski definition) is 5. The minimum Gasteiger partial charge on any atom is -0.316 e. The second-order valence-corrected chi connectivity index (χ2v) is 6.38. The van der Waals surface area contributed by atoms with Crippen molar-refractivity contribution in [3.05, 3.63) is 80.2 Å². The van der Waals surface area contributed by atoms with Crippen LogP contribution in [0.1, 0.15) is 10.4 Å². The largest absolute Gasteiger partial charge is 0.316 e. The Kier molecular flexibility index (Phi) is 3.94. The second kappa shape index (κ2) is 6.41. The maximum Gasteiger partial charge on any atom is 0.314 e. The van der Waals surface area contributed by atoms with Gasteiger partial charge in [-0.3, -0.25) is 19.7 Å². The number of carbonyl (C=O) groups excluding carboxylic acids is 1. The molecule has 0 saturated heterocycles. The van der Waals surface area contributed by atoms with E-state index in [0.717, 1.165) is 11.3 Å². The lowest BCUT2D eigenvalue weighted by Crippen LogP contribution is -2.29. The summed E-state index contributed by atoms with van der Waals surface area (Å²) in [6, 6.07) is 14.3. The predicted molar refractivity (Wildman–Crippen MR) is 101 cm³/mol. The van der Waals surface area contributed by atoms with Gasteiger partial charge in [0.05, 0.1) is 16.7 Å². The molecule has 0 spiro atoms. The molecular formula is C18H12N4O3S. The van der Waals surface area contributed by atoms with Crippen LogP contribution in [0.5, 0.6) is 0 Å².